The van der Waals surface area contributed by atoms with Crippen LogP contribution in [0.2, 0.25) is 0 Å². The maximum Gasteiger partial charge on any atom is 0.154 e. The van der Waals surface area contributed by atoms with E-state index in [1.807, 2.05) is 73.7 Å². The van der Waals surface area contributed by atoms with Gasteiger partial charge in [-0.15, -0.1) is 0 Å². The van der Waals surface area contributed by atoms with E-state index >= 15 is 0 Å². The summed E-state index contributed by atoms with van der Waals surface area (Å²) in [5, 5.41) is 9.61. The molecule has 2 nitrogen and oxygen atoms in total. The Kier molecular flexibility index (Phi) is 3.89. The van der Waals surface area contributed by atoms with Gasteiger partial charge < -0.3 is 0 Å². The summed E-state index contributed by atoms with van der Waals surface area (Å²) in [6.07, 6.45) is 4.89. The number of nitrogens with zero attached hydrogens (tertiary/aromatic N) is 2. The molecule has 108 valence electrons. The molecule has 1 saturated carbocycles. The molecule has 0 unspecified atom stereocenters. The summed E-state index contributed by atoms with van der Waals surface area (Å²) < 4.78 is 0. The molecule has 0 radical (unpaired) electrons. The first-order chi connectivity index (χ1) is 10.8. The SMILES string of the molecule is C/C=C/[C@@H]1C[C@@]1(C#N)N=C(c1ccccc1)c1ccccc1. The summed E-state index contributed by atoms with van der Waals surface area (Å²) >= 11 is 0. The molecule has 1 fully saturated rings. The maximum absolute atomic E-state index is 9.61. The van der Waals surface area contributed by atoms with E-state index in [1.165, 1.54) is 0 Å². The highest BCUT2D eigenvalue weighted by molar-refractivity contribution is 6.13. The third-order valence-electron chi connectivity index (χ3n) is 4.01. The van der Waals surface area contributed by atoms with Crippen molar-refractivity contribution in [1.29, 1.82) is 5.26 Å². The molecule has 2 atom stereocenters. The fourth-order valence-corrected chi connectivity index (χ4v) is 2.71. The van der Waals surface area contributed by atoms with Crippen LogP contribution >= 0.6 is 0 Å². The lowest BCUT2D eigenvalue weighted by Crippen LogP contribution is -2.12. The minimum atomic E-state index is -0.604. The first-order valence-electron chi connectivity index (χ1n) is 7.54. The van der Waals surface area contributed by atoms with Gasteiger partial charge in [0.05, 0.1) is 11.8 Å². The number of hydrogen-bond acceptors (Lipinski definition) is 2. The van der Waals surface area contributed by atoms with Crippen molar-refractivity contribution < 1.29 is 0 Å². The molecule has 0 spiro atoms. The van der Waals surface area contributed by atoms with Crippen LogP contribution < -0.4 is 0 Å². The van der Waals surface area contributed by atoms with E-state index in [1.54, 1.807) is 0 Å². The van der Waals surface area contributed by atoms with Crippen molar-refractivity contribution in [2.45, 2.75) is 18.9 Å². The van der Waals surface area contributed by atoms with Crippen molar-refractivity contribution in [1.82, 2.24) is 0 Å². The number of aliphatic imine (C=N–C) groups is 1. The summed E-state index contributed by atoms with van der Waals surface area (Å²) in [6, 6.07) is 22.6. The van der Waals surface area contributed by atoms with Gasteiger partial charge in [0.25, 0.3) is 0 Å². The van der Waals surface area contributed by atoms with Crippen molar-refractivity contribution in [2.24, 2.45) is 10.9 Å². The van der Waals surface area contributed by atoms with Crippen LogP contribution in [0.4, 0.5) is 0 Å². The Bertz CT molecular complexity index is 697. The molecule has 0 amide bonds. The molecule has 0 saturated heterocycles. The van der Waals surface area contributed by atoms with Gasteiger partial charge in [-0.3, -0.25) is 4.99 Å². The second-order valence-electron chi connectivity index (χ2n) is 5.56. The van der Waals surface area contributed by atoms with E-state index in [-0.39, 0.29) is 5.92 Å². The third-order valence-corrected chi connectivity index (χ3v) is 4.01. The molecular formula is C20H18N2. The van der Waals surface area contributed by atoms with E-state index < -0.39 is 5.54 Å². The molecule has 2 heteroatoms. The zero-order chi connectivity index (χ0) is 15.4. The first kappa shape index (κ1) is 14.3. The predicted molar refractivity (Wildman–Crippen MR) is 89.8 cm³/mol. The second-order valence-corrected chi connectivity index (χ2v) is 5.56. The van der Waals surface area contributed by atoms with Gasteiger partial charge in [-0.1, -0.05) is 72.8 Å². The molecule has 1 aliphatic rings. The van der Waals surface area contributed by atoms with Gasteiger partial charge in [0.15, 0.2) is 5.54 Å². The Morgan fingerprint density at radius 2 is 1.64 bits per heavy atom. The summed E-state index contributed by atoms with van der Waals surface area (Å²) in [5.74, 6) is 0.227. The van der Waals surface area contributed by atoms with Crippen molar-refractivity contribution in [3.05, 3.63) is 83.9 Å². The molecule has 0 bridgehead atoms. The highest BCUT2D eigenvalue weighted by Crippen LogP contribution is 2.48. The minimum Gasteiger partial charge on any atom is -0.262 e. The van der Waals surface area contributed by atoms with Gasteiger partial charge in [-0.05, 0) is 13.3 Å². The van der Waals surface area contributed by atoms with Crippen LogP contribution in [0.15, 0.2) is 77.8 Å². The van der Waals surface area contributed by atoms with Gasteiger partial charge in [-0.25, -0.2) is 0 Å². The quantitative estimate of drug-likeness (QED) is 0.607. The first-order valence-corrected chi connectivity index (χ1v) is 7.54. The standard InChI is InChI=1S/C20H18N2/c1-2-9-18-14-20(18,15-21)22-19(16-10-5-3-6-11-16)17-12-7-4-8-13-17/h2-13,18H,14H2,1H3/b9-2+/t18-,20+/m1/s1. The number of allylic oxidation sites excluding steroid dienone is 1. The molecule has 22 heavy (non-hydrogen) atoms. The molecule has 1 aliphatic carbocycles. The second kappa shape index (κ2) is 5.99. The predicted octanol–water partition coefficient (Wildman–Crippen LogP) is 4.38. The molecule has 3 rings (SSSR count). The van der Waals surface area contributed by atoms with Crippen LogP contribution in [-0.2, 0) is 0 Å². The number of nitriles is 1. The molecule has 0 heterocycles. The average Bonchev–Trinajstić information content (AvgIpc) is 3.28. The van der Waals surface area contributed by atoms with Crippen molar-refractivity contribution in [3.63, 3.8) is 0 Å². The largest absolute Gasteiger partial charge is 0.262 e. The fourth-order valence-electron chi connectivity index (χ4n) is 2.71. The Morgan fingerprint density at radius 3 is 2.09 bits per heavy atom. The van der Waals surface area contributed by atoms with Crippen LogP contribution in [-0.4, -0.2) is 11.3 Å². The molecule has 0 aromatic heterocycles. The Labute approximate surface area is 131 Å². The van der Waals surface area contributed by atoms with Gasteiger partial charge in [0.2, 0.25) is 0 Å². The summed E-state index contributed by atoms with van der Waals surface area (Å²) in [4.78, 5) is 4.88. The minimum absolute atomic E-state index is 0.227. The number of hydrogen-bond donors (Lipinski definition) is 0. The van der Waals surface area contributed by atoms with Crippen LogP contribution in [0, 0.1) is 17.2 Å². The Balaban J connectivity index is 2.08. The summed E-state index contributed by atoms with van der Waals surface area (Å²) in [5.41, 5.74) is 2.40. The van der Waals surface area contributed by atoms with E-state index in [0.717, 1.165) is 23.3 Å². The lowest BCUT2D eigenvalue weighted by Gasteiger charge is -2.10. The number of rotatable bonds is 4. The van der Waals surface area contributed by atoms with Gasteiger partial charge >= 0.3 is 0 Å². The van der Waals surface area contributed by atoms with E-state index in [9.17, 15) is 5.26 Å². The molecule has 0 N–H and O–H groups in total. The van der Waals surface area contributed by atoms with Gasteiger partial charge in [0.1, 0.15) is 0 Å². The van der Waals surface area contributed by atoms with Crippen molar-refractivity contribution >= 4 is 5.71 Å². The fraction of sp³-hybridized carbons (Fsp3) is 0.200. The molecule has 2 aromatic carbocycles. The molecular weight excluding hydrogens is 268 g/mol. The van der Waals surface area contributed by atoms with Crippen LogP contribution in [0.3, 0.4) is 0 Å². The van der Waals surface area contributed by atoms with Gasteiger partial charge in [-0.2, -0.15) is 5.26 Å². The number of benzene rings is 2. The third kappa shape index (κ3) is 2.71. The van der Waals surface area contributed by atoms with E-state index in [4.69, 9.17) is 4.99 Å². The van der Waals surface area contributed by atoms with E-state index in [2.05, 4.69) is 12.1 Å². The highest BCUT2D eigenvalue weighted by Gasteiger charge is 2.54. The Hall–Kier alpha value is -2.66. The smallest absolute Gasteiger partial charge is 0.154 e. The van der Waals surface area contributed by atoms with Crippen LogP contribution in [0.1, 0.15) is 24.5 Å². The van der Waals surface area contributed by atoms with Crippen molar-refractivity contribution in [2.75, 3.05) is 0 Å². The lowest BCUT2D eigenvalue weighted by atomic mass is 10.0. The summed E-state index contributed by atoms with van der Waals surface area (Å²) in [6.45, 7) is 1.99. The Morgan fingerprint density at radius 1 is 1.09 bits per heavy atom. The molecule has 2 aromatic rings. The van der Waals surface area contributed by atoms with Gasteiger partial charge in [0, 0.05) is 17.0 Å². The average molecular weight is 286 g/mol. The zero-order valence-corrected chi connectivity index (χ0v) is 12.6. The topological polar surface area (TPSA) is 36.1 Å². The van der Waals surface area contributed by atoms with E-state index in [0.29, 0.717) is 0 Å². The van der Waals surface area contributed by atoms with Crippen LogP contribution in [0.5, 0.6) is 0 Å². The summed E-state index contributed by atoms with van der Waals surface area (Å²) in [7, 11) is 0. The van der Waals surface area contributed by atoms with Crippen molar-refractivity contribution in [3.8, 4) is 6.07 Å². The lowest BCUT2D eigenvalue weighted by molar-refractivity contribution is 0.816. The zero-order valence-electron chi connectivity index (χ0n) is 12.6. The highest BCUT2D eigenvalue weighted by atomic mass is 15.0. The molecule has 0 aliphatic heterocycles. The normalized spacial score (nSPS) is 23.0. The monoisotopic (exact) mass is 286 g/mol. The maximum atomic E-state index is 9.61. The van der Waals surface area contributed by atoms with Crippen LogP contribution in [0.25, 0.3) is 0 Å².